The highest BCUT2D eigenvalue weighted by atomic mass is 16.5. The highest BCUT2D eigenvalue weighted by Crippen LogP contribution is 2.45. The molecule has 4 aromatic heterocycles. The number of oxazole rings is 1. The number of rotatable bonds is 7. The summed E-state index contributed by atoms with van der Waals surface area (Å²) in [6.07, 6.45) is 3.40. The molecule has 0 bridgehead atoms. The average Bonchev–Trinajstić information content (AvgIpc) is 3.57. The zero-order valence-electron chi connectivity index (χ0n) is 26.9. The smallest absolute Gasteiger partial charge is 0.434 e. The maximum atomic E-state index is 13.9. The minimum Gasteiger partial charge on any atom is -0.463 e. The molecule has 1 saturated carbocycles. The fourth-order valence-corrected chi connectivity index (χ4v) is 7.33. The molecule has 50 heavy (non-hydrogen) atoms. The molecule has 2 aliphatic carbocycles. The van der Waals surface area contributed by atoms with E-state index < -0.39 is 12.2 Å². The van der Waals surface area contributed by atoms with Crippen molar-refractivity contribution >= 4 is 45.2 Å². The minimum absolute atomic E-state index is 0.0359. The van der Waals surface area contributed by atoms with Gasteiger partial charge < -0.3 is 24.1 Å². The van der Waals surface area contributed by atoms with Crippen LogP contribution in [0.25, 0.3) is 55.3 Å². The first-order valence-electron chi connectivity index (χ1n) is 16.5. The van der Waals surface area contributed by atoms with Crippen LogP contribution in [-0.4, -0.2) is 54.8 Å². The molecular formula is C38H30N6O6. The fraction of sp³-hybridized carbons (Fsp3) is 0.211. The molecule has 248 valence electrons. The molecule has 2 aliphatic rings. The number of fused-ring (bicyclic) bond motifs is 7. The Hall–Kier alpha value is -6.30. The van der Waals surface area contributed by atoms with E-state index in [4.69, 9.17) is 9.15 Å². The van der Waals surface area contributed by atoms with Crippen LogP contribution in [0.1, 0.15) is 47.4 Å². The predicted molar refractivity (Wildman–Crippen MR) is 186 cm³/mol. The second-order valence-corrected chi connectivity index (χ2v) is 12.8. The molecule has 0 atom stereocenters. The largest absolute Gasteiger partial charge is 0.463 e. The minimum atomic E-state index is -1.21. The molecule has 7 aromatic rings. The molecule has 0 spiro atoms. The van der Waals surface area contributed by atoms with E-state index in [9.17, 15) is 19.5 Å². The molecule has 9 rings (SSSR count). The Morgan fingerprint density at radius 3 is 2.46 bits per heavy atom. The van der Waals surface area contributed by atoms with Gasteiger partial charge in [0.1, 0.15) is 6.61 Å². The van der Waals surface area contributed by atoms with Crippen LogP contribution < -0.4 is 10.9 Å². The predicted octanol–water partition coefficient (Wildman–Crippen LogP) is 6.81. The molecule has 0 saturated heterocycles. The van der Waals surface area contributed by atoms with E-state index in [1.54, 1.807) is 6.20 Å². The summed E-state index contributed by atoms with van der Waals surface area (Å²) in [6, 6.07) is 22.2. The summed E-state index contributed by atoms with van der Waals surface area (Å²) < 4.78 is 14.5. The van der Waals surface area contributed by atoms with E-state index in [2.05, 4.69) is 44.6 Å². The van der Waals surface area contributed by atoms with Gasteiger partial charge in [-0.1, -0.05) is 54.6 Å². The number of nitrogens with zero attached hydrogens (tertiary/aromatic N) is 5. The molecule has 3 aromatic carbocycles. The molecule has 0 radical (unpaired) electrons. The van der Waals surface area contributed by atoms with Crippen LogP contribution >= 0.6 is 0 Å². The molecule has 0 aliphatic heterocycles. The third-order valence-electron chi connectivity index (χ3n) is 9.77. The van der Waals surface area contributed by atoms with Gasteiger partial charge in [0.25, 0.3) is 5.56 Å². The van der Waals surface area contributed by atoms with E-state index >= 15 is 0 Å². The molecule has 12 heteroatoms. The number of carboxylic acid groups (broad SMARTS) is 1. The topological polar surface area (TPSA) is 154 Å². The summed E-state index contributed by atoms with van der Waals surface area (Å²) in [4.78, 5) is 47.1. The Morgan fingerprint density at radius 2 is 1.74 bits per heavy atom. The average molecular weight is 667 g/mol. The molecular weight excluding hydrogens is 636 g/mol. The number of benzene rings is 3. The Bertz CT molecular complexity index is 2550. The van der Waals surface area contributed by atoms with Gasteiger partial charge in [-0.2, -0.15) is 5.10 Å². The highest BCUT2D eigenvalue weighted by Gasteiger charge is 2.31. The van der Waals surface area contributed by atoms with Crippen LogP contribution in [0.15, 0.2) is 88.3 Å². The number of nitrogens with one attached hydrogen (secondary N) is 1. The summed E-state index contributed by atoms with van der Waals surface area (Å²) >= 11 is 0. The number of ether oxygens (including phenoxy) is 1. The monoisotopic (exact) mass is 666 g/mol. The van der Waals surface area contributed by atoms with Crippen molar-refractivity contribution in [3.05, 3.63) is 112 Å². The lowest BCUT2D eigenvalue weighted by atomic mass is 9.97. The van der Waals surface area contributed by atoms with Gasteiger partial charge in [0.15, 0.2) is 22.6 Å². The van der Waals surface area contributed by atoms with E-state index in [1.807, 2.05) is 54.0 Å². The number of hydrogen-bond donors (Lipinski definition) is 2. The van der Waals surface area contributed by atoms with E-state index in [-0.39, 0.29) is 48.3 Å². The first kappa shape index (κ1) is 29.8. The SMILES string of the molecule is Cc1c(-c2cnc3c(cnn3C(=O)O)c2)ccc2c3oc(CCNC(=O)OCC4c5ccccc5-c5ccccc54)nc3c(=O)n(C3CC3)c12. The summed E-state index contributed by atoms with van der Waals surface area (Å²) in [5.74, 6) is 0.309. The second kappa shape index (κ2) is 11.4. The van der Waals surface area contributed by atoms with E-state index in [0.29, 0.717) is 16.9 Å². The summed E-state index contributed by atoms with van der Waals surface area (Å²) in [7, 11) is 0. The van der Waals surface area contributed by atoms with Crippen molar-refractivity contribution in [2.24, 2.45) is 0 Å². The van der Waals surface area contributed by atoms with E-state index in [1.165, 1.54) is 6.20 Å². The molecule has 1 amide bonds. The van der Waals surface area contributed by atoms with Gasteiger partial charge in [0, 0.05) is 47.5 Å². The molecule has 4 heterocycles. The molecule has 2 N–H and O–H groups in total. The van der Waals surface area contributed by atoms with Crippen molar-refractivity contribution in [2.45, 2.75) is 38.1 Å². The standard InChI is InChI=1S/C38H30N6O6/c1-20-24(21-16-22-18-41-44(38(47)48)35(22)40-17-21)12-13-29-33(20)43(23-10-11-23)36(45)32-34(29)50-31(42-32)14-15-39-37(46)49-19-30-27-8-4-2-6-25(27)26-7-3-5-9-28(26)30/h2-9,12-13,16-18,23,30H,10-11,14-15,19H2,1H3,(H,39,46)(H,47,48). The van der Waals surface area contributed by atoms with Crippen LogP contribution in [0, 0.1) is 6.92 Å². The second-order valence-electron chi connectivity index (χ2n) is 12.8. The van der Waals surface area contributed by atoms with Gasteiger partial charge in [0.05, 0.1) is 11.7 Å². The van der Waals surface area contributed by atoms with Crippen molar-refractivity contribution < 1.29 is 23.8 Å². The fourth-order valence-electron chi connectivity index (χ4n) is 7.33. The Morgan fingerprint density at radius 1 is 1.00 bits per heavy atom. The lowest BCUT2D eigenvalue weighted by molar-refractivity contribution is 0.143. The highest BCUT2D eigenvalue weighted by molar-refractivity contribution is 6.04. The number of hydrogen-bond acceptors (Lipinski definition) is 8. The van der Waals surface area contributed by atoms with E-state index in [0.717, 1.165) is 67.4 Å². The number of aromatic nitrogens is 5. The van der Waals surface area contributed by atoms with Crippen molar-refractivity contribution in [3.63, 3.8) is 0 Å². The third kappa shape index (κ3) is 4.74. The van der Waals surface area contributed by atoms with Crippen molar-refractivity contribution in [3.8, 4) is 22.3 Å². The molecule has 1 fully saturated rings. The van der Waals surface area contributed by atoms with Crippen molar-refractivity contribution in [2.75, 3.05) is 13.2 Å². The van der Waals surface area contributed by atoms with Crippen LogP contribution in [0.3, 0.4) is 0 Å². The first-order valence-corrected chi connectivity index (χ1v) is 16.5. The van der Waals surface area contributed by atoms with Crippen LogP contribution in [-0.2, 0) is 11.2 Å². The quantitative estimate of drug-likeness (QED) is 0.187. The number of carbonyl (C=O) groups excluding carboxylic acids is 1. The van der Waals surface area contributed by atoms with Gasteiger partial charge in [-0.05, 0) is 65.3 Å². The van der Waals surface area contributed by atoms with Gasteiger partial charge in [-0.3, -0.25) is 4.79 Å². The van der Waals surface area contributed by atoms with Gasteiger partial charge in [0.2, 0.25) is 0 Å². The summed E-state index contributed by atoms with van der Waals surface area (Å²) in [6.45, 7) is 2.39. The summed E-state index contributed by atoms with van der Waals surface area (Å²) in [5.41, 5.74) is 8.58. The third-order valence-corrected chi connectivity index (χ3v) is 9.77. The van der Waals surface area contributed by atoms with Crippen molar-refractivity contribution in [1.29, 1.82) is 0 Å². The maximum absolute atomic E-state index is 13.9. The molecule has 12 nitrogen and oxygen atoms in total. The number of pyridine rings is 2. The molecule has 0 unspecified atom stereocenters. The van der Waals surface area contributed by atoms with Crippen LogP contribution in [0.4, 0.5) is 9.59 Å². The van der Waals surface area contributed by atoms with Gasteiger partial charge in [-0.15, -0.1) is 4.68 Å². The Labute approximate surface area is 283 Å². The first-order chi connectivity index (χ1) is 24.4. The zero-order valence-corrected chi connectivity index (χ0v) is 26.9. The number of aryl methyl sites for hydroxylation is 1. The number of amides is 1. The van der Waals surface area contributed by atoms with Crippen LogP contribution in [0.5, 0.6) is 0 Å². The Kier molecular flexibility index (Phi) is 6.80. The lowest BCUT2D eigenvalue weighted by Gasteiger charge is -2.15. The van der Waals surface area contributed by atoms with Gasteiger partial charge in [-0.25, -0.2) is 19.6 Å². The Balaban J connectivity index is 0.960. The van der Waals surface area contributed by atoms with Crippen LogP contribution in [0.2, 0.25) is 0 Å². The number of alkyl carbamates (subject to hydrolysis) is 1. The number of carbonyl (C=O) groups is 2. The lowest BCUT2D eigenvalue weighted by Crippen LogP contribution is -2.28. The summed E-state index contributed by atoms with van der Waals surface area (Å²) in [5, 5.41) is 17.5. The van der Waals surface area contributed by atoms with Gasteiger partial charge >= 0.3 is 12.2 Å². The zero-order chi connectivity index (χ0) is 34.1. The van der Waals surface area contributed by atoms with Crippen molar-refractivity contribution in [1.82, 2.24) is 29.6 Å². The maximum Gasteiger partial charge on any atom is 0.434 e. The normalized spacial score (nSPS) is 13.9.